The van der Waals surface area contributed by atoms with Gasteiger partial charge in [-0.25, -0.2) is 4.98 Å². The third-order valence-corrected chi connectivity index (χ3v) is 5.17. The van der Waals surface area contributed by atoms with Crippen LogP contribution in [0.3, 0.4) is 0 Å². The highest BCUT2D eigenvalue weighted by molar-refractivity contribution is 5.97. The van der Waals surface area contributed by atoms with Gasteiger partial charge in [0.05, 0.1) is 18.1 Å². The van der Waals surface area contributed by atoms with Crippen LogP contribution in [0.4, 0.5) is 13.2 Å². The lowest BCUT2D eigenvalue weighted by atomic mass is 10.1. The number of aromatic nitrogens is 2. The fourth-order valence-electron chi connectivity index (χ4n) is 3.71. The number of hydrogen-bond acceptors (Lipinski definition) is 4. The van der Waals surface area contributed by atoms with Crippen LogP contribution in [-0.2, 0) is 11.0 Å². The summed E-state index contributed by atoms with van der Waals surface area (Å²) in [4.78, 5) is 32.2. The zero-order valence-corrected chi connectivity index (χ0v) is 16.3. The van der Waals surface area contributed by atoms with Crippen molar-refractivity contribution in [1.29, 1.82) is 0 Å². The van der Waals surface area contributed by atoms with Crippen LogP contribution in [0, 0.1) is 0 Å². The van der Waals surface area contributed by atoms with Crippen molar-refractivity contribution in [2.45, 2.75) is 25.1 Å². The van der Waals surface area contributed by atoms with Crippen LogP contribution >= 0.6 is 0 Å². The lowest BCUT2D eigenvalue weighted by Gasteiger charge is -2.25. The summed E-state index contributed by atoms with van der Waals surface area (Å²) in [6.45, 7) is 0.351. The molecule has 2 amide bonds. The number of carbonyl (C=O) groups is 2. The predicted octanol–water partition coefficient (Wildman–Crippen LogP) is 3.31. The Morgan fingerprint density at radius 2 is 2.00 bits per heavy atom. The molecular weight excluding hydrogens is 401 g/mol. The third kappa shape index (κ3) is 3.42. The molecule has 1 fully saturated rings. The van der Waals surface area contributed by atoms with Crippen molar-refractivity contribution < 1.29 is 27.2 Å². The molecule has 1 unspecified atom stereocenters. The van der Waals surface area contributed by atoms with E-state index in [0.717, 1.165) is 6.07 Å². The number of rotatable bonds is 3. The van der Waals surface area contributed by atoms with E-state index in [2.05, 4.69) is 4.98 Å². The average molecular weight is 420 g/mol. The Morgan fingerprint density at radius 1 is 1.23 bits per heavy atom. The van der Waals surface area contributed by atoms with E-state index < -0.39 is 23.7 Å². The first-order chi connectivity index (χ1) is 14.2. The van der Waals surface area contributed by atoms with Crippen LogP contribution < -0.4 is 0 Å². The van der Waals surface area contributed by atoms with Crippen LogP contribution in [0.5, 0.6) is 0 Å². The molecule has 10 heteroatoms. The number of hydrogen-bond donors (Lipinski definition) is 0. The number of likely N-dealkylation sites (N-methyl/N-ethyl adjacent to an activating group) is 1. The summed E-state index contributed by atoms with van der Waals surface area (Å²) < 4.78 is 47.2. The number of carbonyl (C=O) groups excluding carboxylic acids is 2. The number of likely N-dealkylation sites (tertiary alicyclic amines) is 1. The van der Waals surface area contributed by atoms with E-state index in [4.69, 9.17) is 4.42 Å². The summed E-state index contributed by atoms with van der Waals surface area (Å²) in [7, 11) is 3.20. The topological polar surface area (TPSA) is 71.1 Å². The number of fused-ring (bicyclic) bond motifs is 1. The van der Waals surface area contributed by atoms with Gasteiger partial charge in [0.15, 0.2) is 0 Å². The van der Waals surface area contributed by atoms with E-state index in [0.29, 0.717) is 24.9 Å². The van der Waals surface area contributed by atoms with E-state index in [9.17, 15) is 22.8 Å². The molecule has 7 nitrogen and oxygen atoms in total. The summed E-state index contributed by atoms with van der Waals surface area (Å²) in [5, 5.41) is 0. The standard InChI is InChI=1S/C20H19F3N4O3/c1-25(2)19(29)16-4-3-6-27(16)18(28)15-10-26-9-13(12-5-7-30-11-12)8-14(17(26)24-15)20(21,22)23/h5,7-11,16H,3-4,6H2,1-2H3. The van der Waals surface area contributed by atoms with E-state index in [-0.39, 0.29) is 22.8 Å². The number of alkyl halides is 3. The lowest BCUT2D eigenvalue weighted by molar-refractivity contribution is -0.136. The fourth-order valence-corrected chi connectivity index (χ4v) is 3.71. The smallest absolute Gasteiger partial charge is 0.420 e. The third-order valence-electron chi connectivity index (χ3n) is 5.17. The Labute approximate surface area is 169 Å². The normalized spacial score (nSPS) is 17.0. The summed E-state index contributed by atoms with van der Waals surface area (Å²) >= 11 is 0. The molecule has 1 atom stereocenters. The van der Waals surface area contributed by atoms with Crippen molar-refractivity contribution in [2.75, 3.05) is 20.6 Å². The molecule has 3 aromatic heterocycles. The minimum absolute atomic E-state index is 0.136. The predicted molar refractivity (Wildman–Crippen MR) is 101 cm³/mol. The molecule has 0 radical (unpaired) electrons. The van der Waals surface area contributed by atoms with Crippen molar-refractivity contribution in [3.8, 4) is 11.1 Å². The second-order valence-corrected chi connectivity index (χ2v) is 7.40. The quantitative estimate of drug-likeness (QED) is 0.652. The van der Waals surface area contributed by atoms with Gasteiger partial charge in [-0.1, -0.05) is 0 Å². The monoisotopic (exact) mass is 420 g/mol. The largest absolute Gasteiger partial charge is 0.472 e. The molecule has 1 saturated heterocycles. The molecule has 0 N–H and O–H groups in total. The molecule has 158 valence electrons. The maximum Gasteiger partial charge on any atom is 0.420 e. The van der Waals surface area contributed by atoms with E-state index in [1.807, 2.05) is 0 Å². The molecular formula is C20H19F3N4O3. The maximum absolute atomic E-state index is 13.7. The Balaban J connectivity index is 1.77. The fraction of sp³-hybridized carbons (Fsp3) is 0.350. The minimum atomic E-state index is -4.66. The molecule has 0 aliphatic carbocycles. The highest BCUT2D eigenvalue weighted by Gasteiger charge is 2.38. The molecule has 0 saturated carbocycles. The molecule has 0 bridgehead atoms. The van der Waals surface area contributed by atoms with Crippen molar-refractivity contribution in [3.63, 3.8) is 0 Å². The van der Waals surface area contributed by atoms with Crippen molar-refractivity contribution >= 4 is 17.5 Å². The van der Waals surface area contributed by atoms with E-state index in [1.54, 1.807) is 20.2 Å². The van der Waals surface area contributed by atoms with Gasteiger partial charge in [0, 0.05) is 44.2 Å². The Kier molecular flexibility index (Phi) is 4.79. The van der Waals surface area contributed by atoms with Gasteiger partial charge in [0.1, 0.15) is 17.4 Å². The zero-order valence-electron chi connectivity index (χ0n) is 16.3. The number of pyridine rings is 1. The molecule has 1 aliphatic rings. The van der Waals surface area contributed by atoms with Gasteiger partial charge in [0.25, 0.3) is 5.91 Å². The number of imidazole rings is 1. The van der Waals surface area contributed by atoms with Crippen LogP contribution in [0.2, 0.25) is 0 Å². The van der Waals surface area contributed by atoms with Crippen LogP contribution in [-0.4, -0.2) is 57.7 Å². The molecule has 30 heavy (non-hydrogen) atoms. The Hall–Kier alpha value is -3.30. The van der Waals surface area contributed by atoms with E-state index >= 15 is 0 Å². The van der Waals surface area contributed by atoms with Crippen molar-refractivity contribution in [2.24, 2.45) is 0 Å². The maximum atomic E-state index is 13.7. The summed E-state index contributed by atoms with van der Waals surface area (Å²) in [5.74, 6) is -0.780. The first kappa shape index (κ1) is 20.0. The summed E-state index contributed by atoms with van der Waals surface area (Å²) in [6, 6.07) is 1.89. The molecule has 4 rings (SSSR count). The van der Waals surface area contributed by atoms with Crippen LogP contribution in [0.1, 0.15) is 28.9 Å². The van der Waals surface area contributed by atoms with Gasteiger partial charge < -0.3 is 18.6 Å². The minimum Gasteiger partial charge on any atom is -0.472 e. The van der Waals surface area contributed by atoms with Gasteiger partial charge in [-0.15, -0.1) is 0 Å². The van der Waals surface area contributed by atoms with Crippen molar-refractivity contribution in [3.05, 3.63) is 48.3 Å². The lowest BCUT2D eigenvalue weighted by Crippen LogP contribution is -2.45. The SMILES string of the molecule is CN(C)C(=O)C1CCCN1C(=O)c1cn2cc(-c3ccoc3)cc(C(F)(F)F)c2n1. The first-order valence-corrected chi connectivity index (χ1v) is 9.31. The number of furan rings is 1. The molecule has 4 heterocycles. The number of amides is 2. The molecule has 1 aliphatic heterocycles. The first-order valence-electron chi connectivity index (χ1n) is 9.31. The van der Waals surface area contributed by atoms with Gasteiger partial charge in [-0.3, -0.25) is 9.59 Å². The van der Waals surface area contributed by atoms with Gasteiger partial charge in [0.2, 0.25) is 5.91 Å². The highest BCUT2D eigenvalue weighted by atomic mass is 19.4. The molecule has 0 aromatic carbocycles. The Bertz CT molecular complexity index is 1100. The average Bonchev–Trinajstić information content (AvgIpc) is 3.44. The Morgan fingerprint density at radius 3 is 2.63 bits per heavy atom. The van der Waals surface area contributed by atoms with Crippen LogP contribution in [0.25, 0.3) is 16.8 Å². The second-order valence-electron chi connectivity index (χ2n) is 7.40. The molecule has 3 aromatic rings. The second kappa shape index (κ2) is 7.19. The summed E-state index contributed by atoms with van der Waals surface area (Å²) in [5.41, 5.74) is -0.708. The number of nitrogens with zero attached hydrogens (tertiary/aromatic N) is 4. The zero-order chi connectivity index (χ0) is 21.6. The van der Waals surface area contributed by atoms with Crippen LogP contribution in [0.15, 0.2) is 41.5 Å². The molecule has 0 spiro atoms. The summed E-state index contributed by atoms with van der Waals surface area (Å²) in [6.07, 6.45) is 1.93. The number of halogens is 3. The van der Waals surface area contributed by atoms with Gasteiger partial charge in [-0.05, 0) is 25.0 Å². The van der Waals surface area contributed by atoms with Gasteiger partial charge >= 0.3 is 6.18 Å². The highest BCUT2D eigenvalue weighted by Crippen LogP contribution is 2.35. The van der Waals surface area contributed by atoms with Gasteiger partial charge in [-0.2, -0.15) is 13.2 Å². The van der Waals surface area contributed by atoms with E-state index in [1.165, 1.54) is 39.1 Å². The van der Waals surface area contributed by atoms with Crippen molar-refractivity contribution in [1.82, 2.24) is 19.2 Å².